The van der Waals surface area contributed by atoms with Crippen LogP contribution in [0, 0.1) is 5.82 Å². The normalized spacial score (nSPS) is 13.1. The summed E-state index contributed by atoms with van der Waals surface area (Å²) in [4.78, 5) is 6.40. The van der Waals surface area contributed by atoms with Crippen molar-refractivity contribution < 1.29 is 8.91 Å². The second-order valence-corrected chi connectivity index (χ2v) is 6.58. The number of nitrogens with zero attached hydrogens (tertiary/aromatic N) is 3. The van der Waals surface area contributed by atoms with E-state index < -0.39 is 0 Å². The summed E-state index contributed by atoms with van der Waals surface area (Å²) in [6.45, 7) is 5.38. The van der Waals surface area contributed by atoms with Crippen LogP contribution in [0.25, 0.3) is 0 Å². The summed E-state index contributed by atoms with van der Waals surface area (Å²) in [5, 5.41) is 10.8. The Morgan fingerprint density at radius 1 is 1.19 bits per heavy atom. The first-order valence-electron chi connectivity index (χ1n) is 9.32. The van der Waals surface area contributed by atoms with E-state index >= 15 is 0 Å². The number of hydrogen-bond acceptors (Lipinski definition) is 4. The van der Waals surface area contributed by atoms with E-state index in [2.05, 4.69) is 39.5 Å². The van der Waals surface area contributed by atoms with E-state index in [-0.39, 0.29) is 11.9 Å². The van der Waals surface area contributed by atoms with E-state index in [1.165, 1.54) is 12.1 Å². The first kappa shape index (κ1) is 20.9. The first-order chi connectivity index (χ1) is 13.0. The Balaban J connectivity index is 2.00. The van der Waals surface area contributed by atoms with Crippen LogP contribution in [0.1, 0.15) is 42.5 Å². The molecule has 1 aromatic carbocycles. The van der Waals surface area contributed by atoms with Crippen molar-refractivity contribution in [2.45, 2.75) is 39.3 Å². The van der Waals surface area contributed by atoms with E-state index in [9.17, 15) is 4.39 Å². The fourth-order valence-corrected chi connectivity index (χ4v) is 3.01. The average Bonchev–Trinajstić information content (AvgIpc) is 3.07. The van der Waals surface area contributed by atoms with Gasteiger partial charge in [-0.2, -0.15) is 0 Å². The number of likely N-dealkylation sites (N-methyl/N-ethyl adjacent to an activating group) is 1. The molecule has 27 heavy (non-hydrogen) atoms. The second kappa shape index (κ2) is 10.1. The molecule has 0 radical (unpaired) electrons. The molecule has 0 spiro atoms. The molecule has 7 heteroatoms. The molecule has 0 aliphatic heterocycles. The third-order valence-corrected chi connectivity index (χ3v) is 4.60. The van der Waals surface area contributed by atoms with Crippen LogP contribution in [0.15, 0.2) is 33.8 Å². The van der Waals surface area contributed by atoms with Crippen molar-refractivity contribution in [3.05, 3.63) is 52.7 Å². The third kappa shape index (κ3) is 5.53. The van der Waals surface area contributed by atoms with Crippen molar-refractivity contribution in [3.8, 4) is 0 Å². The molecular formula is C20H30FN5O. The van der Waals surface area contributed by atoms with Gasteiger partial charge in [0.1, 0.15) is 11.6 Å². The van der Waals surface area contributed by atoms with Gasteiger partial charge < -0.3 is 20.1 Å². The number of halogens is 1. The maximum absolute atomic E-state index is 13.2. The summed E-state index contributed by atoms with van der Waals surface area (Å²) in [6, 6.07) is 6.70. The number of aryl methyl sites for hydroxylation is 2. The zero-order valence-corrected chi connectivity index (χ0v) is 16.8. The predicted octanol–water partition coefficient (Wildman–Crippen LogP) is 2.91. The maximum atomic E-state index is 13.2. The molecular weight excluding hydrogens is 345 g/mol. The predicted molar refractivity (Wildman–Crippen MR) is 106 cm³/mol. The lowest BCUT2D eigenvalue weighted by Gasteiger charge is -2.26. The minimum absolute atomic E-state index is 0.0946. The summed E-state index contributed by atoms with van der Waals surface area (Å²) in [6.07, 6.45) is 1.64. The van der Waals surface area contributed by atoms with Gasteiger partial charge in [0.2, 0.25) is 0 Å². The number of rotatable bonds is 8. The van der Waals surface area contributed by atoms with Crippen LogP contribution in [0.4, 0.5) is 4.39 Å². The highest BCUT2D eigenvalue weighted by Crippen LogP contribution is 2.18. The standard InChI is InChI=1S/C20H30FN5O/c1-6-17-16(19(7-2)27-25-17)12-23-20(22-3)24-13-18(26(4)5)14-8-10-15(21)11-9-14/h8-11,18H,6-7,12-13H2,1-5H3,(H2,22,23,24). The molecule has 148 valence electrons. The smallest absolute Gasteiger partial charge is 0.191 e. The minimum atomic E-state index is -0.228. The minimum Gasteiger partial charge on any atom is -0.361 e. The summed E-state index contributed by atoms with van der Waals surface area (Å²) < 4.78 is 18.6. The van der Waals surface area contributed by atoms with Crippen LogP contribution in [-0.4, -0.2) is 43.7 Å². The molecule has 0 saturated carbocycles. The summed E-state index contributed by atoms with van der Waals surface area (Å²) in [7, 11) is 5.75. The van der Waals surface area contributed by atoms with Gasteiger partial charge in [-0.3, -0.25) is 4.99 Å². The third-order valence-electron chi connectivity index (χ3n) is 4.60. The SMILES string of the molecule is CCc1noc(CC)c1CNC(=NC)NCC(c1ccc(F)cc1)N(C)C. The Labute approximate surface area is 160 Å². The van der Waals surface area contributed by atoms with Crippen LogP contribution in [0.3, 0.4) is 0 Å². The number of aliphatic imine (C=N–C) groups is 1. The lowest BCUT2D eigenvalue weighted by atomic mass is 10.1. The molecule has 2 N–H and O–H groups in total. The number of benzene rings is 1. The van der Waals surface area contributed by atoms with Gasteiger partial charge in [0.05, 0.1) is 11.7 Å². The molecule has 0 aliphatic rings. The highest BCUT2D eigenvalue weighted by atomic mass is 19.1. The number of hydrogen-bond donors (Lipinski definition) is 2. The monoisotopic (exact) mass is 375 g/mol. The molecule has 0 aliphatic carbocycles. The van der Waals surface area contributed by atoms with Gasteiger partial charge in [0.15, 0.2) is 5.96 Å². The summed E-state index contributed by atoms with van der Waals surface area (Å²) >= 11 is 0. The largest absolute Gasteiger partial charge is 0.361 e. The molecule has 0 bridgehead atoms. The van der Waals surface area contributed by atoms with Gasteiger partial charge >= 0.3 is 0 Å². The van der Waals surface area contributed by atoms with Gasteiger partial charge in [-0.1, -0.05) is 31.1 Å². The molecule has 2 rings (SSSR count). The highest BCUT2D eigenvalue weighted by Gasteiger charge is 2.16. The van der Waals surface area contributed by atoms with Crippen molar-refractivity contribution in [1.29, 1.82) is 0 Å². The van der Waals surface area contributed by atoms with Gasteiger partial charge in [-0.15, -0.1) is 0 Å². The van der Waals surface area contributed by atoms with Crippen LogP contribution >= 0.6 is 0 Å². The Kier molecular flexibility index (Phi) is 7.79. The van der Waals surface area contributed by atoms with Gasteiger partial charge in [-0.25, -0.2) is 4.39 Å². The number of guanidine groups is 1. The average molecular weight is 375 g/mol. The van der Waals surface area contributed by atoms with Crippen molar-refractivity contribution in [3.63, 3.8) is 0 Å². The van der Waals surface area contributed by atoms with Crippen LogP contribution < -0.4 is 10.6 Å². The quantitative estimate of drug-likeness (QED) is 0.549. The summed E-state index contributed by atoms with van der Waals surface area (Å²) in [5.74, 6) is 1.38. The molecule has 1 aromatic heterocycles. The zero-order valence-electron chi connectivity index (χ0n) is 16.8. The Bertz CT molecular complexity index is 718. The molecule has 0 amide bonds. The molecule has 1 unspecified atom stereocenters. The summed E-state index contributed by atoms with van der Waals surface area (Å²) in [5.41, 5.74) is 3.13. The molecule has 1 heterocycles. The Hall–Kier alpha value is -2.41. The highest BCUT2D eigenvalue weighted by molar-refractivity contribution is 5.79. The van der Waals surface area contributed by atoms with Gasteiger partial charge in [-0.05, 0) is 38.2 Å². The molecule has 2 aromatic rings. The molecule has 1 atom stereocenters. The number of nitrogens with one attached hydrogen (secondary N) is 2. The molecule has 0 saturated heterocycles. The van der Waals surface area contributed by atoms with Crippen LogP contribution in [0.5, 0.6) is 0 Å². The van der Waals surface area contributed by atoms with Crippen LogP contribution in [0.2, 0.25) is 0 Å². The van der Waals surface area contributed by atoms with Gasteiger partial charge in [0, 0.05) is 32.1 Å². The van der Waals surface area contributed by atoms with Crippen molar-refractivity contribution in [1.82, 2.24) is 20.7 Å². The van der Waals surface area contributed by atoms with Crippen molar-refractivity contribution in [2.75, 3.05) is 27.7 Å². The lowest BCUT2D eigenvalue weighted by Crippen LogP contribution is -2.41. The topological polar surface area (TPSA) is 65.7 Å². The fourth-order valence-electron chi connectivity index (χ4n) is 3.01. The van der Waals surface area contributed by atoms with E-state index in [0.717, 1.165) is 35.4 Å². The number of aromatic nitrogens is 1. The van der Waals surface area contributed by atoms with E-state index in [1.807, 2.05) is 26.2 Å². The second-order valence-electron chi connectivity index (χ2n) is 6.58. The van der Waals surface area contributed by atoms with Crippen molar-refractivity contribution >= 4 is 5.96 Å². The fraction of sp³-hybridized carbons (Fsp3) is 0.500. The zero-order chi connectivity index (χ0) is 19.8. The van der Waals surface area contributed by atoms with E-state index in [0.29, 0.717) is 19.0 Å². The maximum Gasteiger partial charge on any atom is 0.191 e. The van der Waals surface area contributed by atoms with E-state index in [4.69, 9.17) is 4.52 Å². The molecule has 6 nitrogen and oxygen atoms in total. The van der Waals surface area contributed by atoms with E-state index in [1.54, 1.807) is 7.05 Å². The molecule has 0 fully saturated rings. The van der Waals surface area contributed by atoms with Crippen molar-refractivity contribution in [2.24, 2.45) is 4.99 Å². The van der Waals surface area contributed by atoms with Gasteiger partial charge in [0.25, 0.3) is 0 Å². The lowest BCUT2D eigenvalue weighted by molar-refractivity contribution is 0.298. The Morgan fingerprint density at radius 2 is 1.89 bits per heavy atom. The first-order valence-corrected chi connectivity index (χ1v) is 9.32. The van der Waals surface area contributed by atoms with Crippen LogP contribution in [-0.2, 0) is 19.4 Å². The Morgan fingerprint density at radius 3 is 2.44 bits per heavy atom.